The molecule has 10 aromatic rings. The van der Waals surface area contributed by atoms with Gasteiger partial charge in [0.05, 0.1) is 17.9 Å². The molecule has 3 aromatic heterocycles. The lowest BCUT2D eigenvalue weighted by Crippen LogP contribution is -2.00. The van der Waals surface area contributed by atoms with Crippen molar-refractivity contribution in [3.63, 3.8) is 0 Å². The number of aromatic nitrogens is 4. The van der Waals surface area contributed by atoms with Gasteiger partial charge in [-0.15, -0.1) is 0 Å². The lowest BCUT2D eigenvalue weighted by molar-refractivity contribution is 0.669. The van der Waals surface area contributed by atoms with Crippen molar-refractivity contribution in [2.24, 2.45) is 0 Å². The molecule has 0 saturated heterocycles. The van der Waals surface area contributed by atoms with Crippen LogP contribution in [0.25, 0.3) is 94.7 Å². The second-order valence-corrected chi connectivity index (χ2v) is 12.1. The SMILES string of the molecule is [2H]c1c([2H])c([2H])c(-c2nc(-c3ccc(-c4ccccc4)cc3)nc(-c3ccc(-n4c5ccccc5c5cc6oc7ccccc7c6cc54)cc3)n2)c([2H])c1[2H]. The minimum atomic E-state index is -0.480. The van der Waals surface area contributed by atoms with Gasteiger partial charge in [0.25, 0.3) is 0 Å². The van der Waals surface area contributed by atoms with Gasteiger partial charge in [0.15, 0.2) is 17.5 Å². The molecular weight excluding hydrogens is 613 g/mol. The number of rotatable bonds is 5. The Morgan fingerprint density at radius 1 is 0.420 bits per heavy atom. The number of hydrogen-bond donors (Lipinski definition) is 0. The first-order valence-electron chi connectivity index (χ1n) is 18.8. The van der Waals surface area contributed by atoms with E-state index in [4.69, 9.17) is 26.2 Å². The minimum Gasteiger partial charge on any atom is -0.456 e. The highest BCUT2D eigenvalue weighted by atomic mass is 16.3. The standard InChI is InChI=1S/C45H28N4O/c1-3-11-29(12-4-1)30-19-21-32(22-20-30)44-46-43(31-13-5-2-6-14-31)47-45(48-44)33-23-25-34(26-24-33)49-39-17-9-7-15-35(39)37-28-42-38(27-40(37)49)36-16-8-10-18-41(36)50-42/h1-28H/i2D,5D,6D,13D,14D. The Bertz CT molecular complexity index is 3110. The maximum atomic E-state index is 8.69. The van der Waals surface area contributed by atoms with Crippen molar-refractivity contribution in [3.8, 4) is 51.0 Å². The highest BCUT2D eigenvalue weighted by molar-refractivity contribution is 6.17. The van der Waals surface area contributed by atoms with Crippen LogP contribution >= 0.6 is 0 Å². The number of furan rings is 1. The summed E-state index contributed by atoms with van der Waals surface area (Å²) in [4.78, 5) is 14.3. The van der Waals surface area contributed by atoms with Crippen LogP contribution in [0.15, 0.2) is 174 Å². The smallest absolute Gasteiger partial charge is 0.164 e. The third-order valence-electron chi connectivity index (χ3n) is 9.16. The number of nitrogens with zero attached hydrogens (tertiary/aromatic N) is 4. The van der Waals surface area contributed by atoms with Crippen LogP contribution < -0.4 is 0 Å². The predicted octanol–water partition coefficient (Wildman–Crippen LogP) is 11.5. The number of para-hydroxylation sites is 2. The average molecular weight is 646 g/mol. The first kappa shape index (κ1) is 23.5. The van der Waals surface area contributed by atoms with Crippen LogP contribution in [0.3, 0.4) is 0 Å². The number of fused-ring (bicyclic) bond motifs is 6. The summed E-state index contributed by atoms with van der Waals surface area (Å²) < 4.78 is 50.6. The molecule has 234 valence electrons. The largest absolute Gasteiger partial charge is 0.456 e. The van der Waals surface area contributed by atoms with Crippen molar-refractivity contribution in [2.45, 2.75) is 0 Å². The van der Waals surface area contributed by atoms with E-state index in [2.05, 4.69) is 34.9 Å². The summed E-state index contributed by atoms with van der Waals surface area (Å²) in [7, 11) is 0. The van der Waals surface area contributed by atoms with Gasteiger partial charge in [0, 0.05) is 43.9 Å². The lowest BCUT2D eigenvalue weighted by Gasteiger charge is -2.11. The molecule has 0 saturated carbocycles. The molecule has 0 fully saturated rings. The maximum absolute atomic E-state index is 8.69. The molecule has 50 heavy (non-hydrogen) atoms. The third kappa shape index (κ3) is 4.67. The van der Waals surface area contributed by atoms with Crippen molar-refractivity contribution in [1.82, 2.24) is 19.5 Å². The highest BCUT2D eigenvalue weighted by Gasteiger charge is 2.17. The average Bonchev–Trinajstić information content (AvgIpc) is 3.76. The van der Waals surface area contributed by atoms with Crippen LogP contribution in [-0.4, -0.2) is 19.5 Å². The molecule has 0 aliphatic heterocycles. The lowest BCUT2D eigenvalue weighted by atomic mass is 10.0. The normalized spacial score (nSPS) is 13.0. The molecule has 0 atom stereocenters. The van der Waals surface area contributed by atoms with Crippen molar-refractivity contribution in [3.05, 3.63) is 170 Å². The summed E-state index contributed by atoms with van der Waals surface area (Å²) in [6.45, 7) is 0. The number of hydrogen-bond acceptors (Lipinski definition) is 4. The summed E-state index contributed by atoms with van der Waals surface area (Å²) in [5.74, 6) is 0.612. The third-order valence-corrected chi connectivity index (χ3v) is 9.16. The Balaban J connectivity index is 1.13. The van der Waals surface area contributed by atoms with E-state index < -0.39 is 18.1 Å². The zero-order chi connectivity index (χ0) is 37.4. The Hall–Kier alpha value is -6.85. The molecule has 7 aromatic carbocycles. The van der Waals surface area contributed by atoms with Crippen molar-refractivity contribution in [1.29, 1.82) is 0 Å². The van der Waals surface area contributed by atoms with Crippen LogP contribution in [0.1, 0.15) is 6.85 Å². The van der Waals surface area contributed by atoms with E-state index in [1.165, 1.54) is 0 Å². The van der Waals surface area contributed by atoms with Crippen LogP contribution in [0.4, 0.5) is 0 Å². The molecule has 3 heterocycles. The number of benzene rings is 7. The fraction of sp³-hybridized carbons (Fsp3) is 0. The van der Waals surface area contributed by atoms with E-state index in [0.29, 0.717) is 22.8 Å². The molecule has 0 spiro atoms. The summed E-state index contributed by atoms with van der Waals surface area (Å²) in [5, 5.41) is 4.28. The van der Waals surface area contributed by atoms with Gasteiger partial charge < -0.3 is 8.98 Å². The van der Waals surface area contributed by atoms with Gasteiger partial charge in [-0.2, -0.15) is 0 Å². The second-order valence-electron chi connectivity index (χ2n) is 12.1. The predicted molar refractivity (Wildman–Crippen MR) is 203 cm³/mol. The van der Waals surface area contributed by atoms with E-state index in [-0.39, 0.29) is 23.5 Å². The molecule has 10 rings (SSSR count). The maximum Gasteiger partial charge on any atom is 0.164 e. The van der Waals surface area contributed by atoms with Crippen LogP contribution in [0.5, 0.6) is 0 Å². The van der Waals surface area contributed by atoms with E-state index >= 15 is 0 Å². The van der Waals surface area contributed by atoms with Gasteiger partial charge in [-0.05, 0) is 59.7 Å². The zero-order valence-electron chi connectivity index (χ0n) is 31.5. The zero-order valence-corrected chi connectivity index (χ0v) is 26.5. The molecule has 5 nitrogen and oxygen atoms in total. The Kier molecular flexibility index (Phi) is 5.35. The summed E-state index contributed by atoms with van der Waals surface area (Å²) in [5.41, 5.74) is 8.06. The molecule has 0 N–H and O–H groups in total. The van der Waals surface area contributed by atoms with Crippen LogP contribution in [0, 0.1) is 0 Å². The molecule has 0 unspecified atom stereocenters. The van der Waals surface area contributed by atoms with Gasteiger partial charge in [0.2, 0.25) is 0 Å². The van der Waals surface area contributed by atoms with Gasteiger partial charge in [-0.3, -0.25) is 0 Å². The van der Waals surface area contributed by atoms with Gasteiger partial charge >= 0.3 is 0 Å². The molecule has 5 heteroatoms. The quantitative estimate of drug-likeness (QED) is 0.187. The molecule has 0 aliphatic carbocycles. The summed E-state index contributed by atoms with van der Waals surface area (Å²) in [6, 6.07) is 44.2. The Morgan fingerprint density at radius 3 is 1.74 bits per heavy atom. The van der Waals surface area contributed by atoms with E-state index in [0.717, 1.165) is 60.6 Å². The van der Waals surface area contributed by atoms with E-state index in [9.17, 15) is 0 Å². The molecule has 0 bridgehead atoms. The highest BCUT2D eigenvalue weighted by Crippen LogP contribution is 2.38. The molecule has 0 amide bonds. The Morgan fingerprint density at radius 2 is 1.00 bits per heavy atom. The Labute approximate surface area is 294 Å². The van der Waals surface area contributed by atoms with Crippen molar-refractivity contribution in [2.75, 3.05) is 0 Å². The fourth-order valence-electron chi connectivity index (χ4n) is 6.77. The van der Waals surface area contributed by atoms with E-state index in [1.54, 1.807) is 0 Å². The van der Waals surface area contributed by atoms with Gasteiger partial charge in [-0.1, -0.05) is 121 Å². The molecular formula is C45H28N4O. The van der Waals surface area contributed by atoms with E-state index in [1.807, 2.05) is 109 Å². The van der Waals surface area contributed by atoms with Crippen molar-refractivity contribution < 1.29 is 11.3 Å². The second kappa shape index (κ2) is 11.4. The fourth-order valence-corrected chi connectivity index (χ4v) is 6.77. The summed E-state index contributed by atoms with van der Waals surface area (Å²) in [6.07, 6.45) is 0. The van der Waals surface area contributed by atoms with Gasteiger partial charge in [0.1, 0.15) is 11.2 Å². The topological polar surface area (TPSA) is 56.7 Å². The monoisotopic (exact) mass is 645 g/mol. The first-order valence-corrected chi connectivity index (χ1v) is 16.3. The van der Waals surface area contributed by atoms with Gasteiger partial charge in [-0.25, -0.2) is 15.0 Å². The van der Waals surface area contributed by atoms with Crippen LogP contribution in [-0.2, 0) is 0 Å². The molecule has 0 radical (unpaired) electrons. The minimum absolute atomic E-state index is 0.00744. The van der Waals surface area contributed by atoms with Crippen LogP contribution in [0.2, 0.25) is 0 Å². The van der Waals surface area contributed by atoms with Crippen molar-refractivity contribution >= 4 is 43.7 Å². The first-order chi connectivity index (χ1) is 26.8. The molecule has 0 aliphatic rings. The summed E-state index contributed by atoms with van der Waals surface area (Å²) >= 11 is 0.